The van der Waals surface area contributed by atoms with Gasteiger partial charge < -0.3 is 20.1 Å². The normalized spacial score (nSPS) is 17.5. The van der Waals surface area contributed by atoms with Gasteiger partial charge in [-0.25, -0.2) is 28.7 Å². The summed E-state index contributed by atoms with van der Waals surface area (Å²) in [4.78, 5) is 35.5. The number of anilines is 3. The lowest BCUT2D eigenvalue weighted by molar-refractivity contribution is -0.116. The van der Waals surface area contributed by atoms with Crippen LogP contribution in [-0.4, -0.2) is 72.9 Å². The number of nitrogens with zero attached hydrogens (tertiary/aromatic N) is 7. The van der Waals surface area contributed by atoms with E-state index < -0.39 is 11.6 Å². The summed E-state index contributed by atoms with van der Waals surface area (Å²) < 4.78 is 31.9. The Morgan fingerprint density at radius 3 is 2.45 bits per heavy atom. The van der Waals surface area contributed by atoms with Gasteiger partial charge in [0.15, 0.2) is 11.6 Å². The van der Waals surface area contributed by atoms with Gasteiger partial charge in [-0.3, -0.25) is 9.69 Å². The second kappa shape index (κ2) is 12.7. The highest BCUT2D eigenvalue weighted by Crippen LogP contribution is 2.32. The van der Waals surface area contributed by atoms with Crippen LogP contribution in [0.2, 0.25) is 0 Å². The van der Waals surface area contributed by atoms with Crippen molar-refractivity contribution in [2.45, 2.75) is 47.2 Å². The monoisotopic (exact) mass is 597 g/mol. The van der Waals surface area contributed by atoms with Crippen LogP contribution in [-0.2, 0) is 11.3 Å². The predicted octanol–water partition coefficient (Wildman–Crippen LogP) is 5.01. The van der Waals surface area contributed by atoms with Gasteiger partial charge in [0.2, 0.25) is 11.9 Å². The molecule has 10 nitrogen and oxygen atoms in total. The van der Waals surface area contributed by atoms with E-state index in [-0.39, 0.29) is 62.0 Å². The van der Waals surface area contributed by atoms with Crippen LogP contribution >= 0.6 is 13.5 Å². The number of carbonyl (C=O) groups is 1. The summed E-state index contributed by atoms with van der Waals surface area (Å²) in [6.07, 6.45) is 2.90. The molecular formula is C29H37F2N9OS. The number of benzene rings is 1. The lowest BCUT2D eigenvalue weighted by Gasteiger charge is -2.34. The van der Waals surface area contributed by atoms with Gasteiger partial charge in [-0.1, -0.05) is 14.4 Å². The molecule has 0 saturated carbocycles. The van der Waals surface area contributed by atoms with Gasteiger partial charge >= 0.3 is 0 Å². The average Bonchev–Trinajstić information content (AvgIpc) is 3.27. The van der Waals surface area contributed by atoms with Crippen molar-refractivity contribution >= 4 is 47.9 Å². The number of carbonyl (C=O) groups excluding carboxylic acids is 1. The van der Waals surface area contributed by atoms with Gasteiger partial charge in [0.25, 0.3) is 0 Å². The molecule has 0 radical (unpaired) electrons. The van der Waals surface area contributed by atoms with E-state index in [1.807, 2.05) is 11.5 Å². The first-order valence-corrected chi connectivity index (χ1v) is 13.5. The van der Waals surface area contributed by atoms with Gasteiger partial charge in [-0.15, -0.1) is 0 Å². The maximum atomic E-state index is 15.2. The number of hydrogen-bond donors (Lipinski definition) is 2. The third-order valence-electron chi connectivity index (χ3n) is 7.67. The highest BCUT2D eigenvalue weighted by atomic mass is 32.1. The van der Waals surface area contributed by atoms with Gasteiger partial charge in [0, 0.05) is 68.6 Å². The van der Waals surface area contributed by atoms with Crippen LogP contribution in [0.5, 0.6) is 0 Å². The molecule has 224 valence electrons. The molecule has 0 unspecified atom stereocenters. The number of aryl methyl sites for hydroxylation is 1. The molecular weight excluding hydrogens is 560 g/mol. The van der Waals surface area contributed by atoms with Crippen molar-refractivity contribution in [1.29, 1.82) is 0 Å². The fourth-order valence-corrected chi connectivity index (χ4v) is 5.57. The Kier molecular flexibility index (Phi) is 9.43. The van der Waals surface area contributed by atoms with Crippen molar-refractivity contribution in [2.75, 3.05) is 43.4 Å². The summed E-state index contributed by atoms with van der Waals surface area (Å²) in [7, 11) is 0. The molecule has 5 heterocycles. The van der Waals surface area contributed by atoms with Crippen LogP contribution in [0.25, 0.3) is 22.3 Å². The Bertz CT molecular complexity index is 1600. The second-order valence-electron chi connectivity index (χ2n) is 10.4. The van der Waals surface area contributed by atoms with E-state index >= 15 is 4.39 Å². The molecule has 1 aromatic carbocycles. The van der Waals surface area contributed by atoms with Crippen LogP contribution in [0, 0.1) is 18.6 Å². The van der Waals surface area contributed by atoms with Crippen molar-refractivity contribution in [1.82, 2.24) is 34.3 Å². The number of halogens is 2. The molecule has 2 aliphatic rings. The highest BCUT2D eigenvalue weighted by molar-refractivity contribution is 7.59. The number of aromatic nitrogens is 5. The largest absolute Gasteiger partial charge is 0.326 e. The average molecular weight is 598 g/mol. The molecule has 2 aliphatic heterocycles. The van der Waals surface area contributed by atoms with Crippen LogP contribution in [0.15, 0.2) is 30.6 Å². The first kappa shape index (κ1) is 31.3. The van der Waals surface area contributed by atoms with Crippen molar-refractivity contribution in [3.05, 3.63) is 53.6 Å². The summed E-state index contributed by atoms with van der Waals surface area (Å²) in [6, 6.07) is 4.26. The number of rotatable bonds is 3. The molecule has 3 aromatic heterocycles. The number of nitrogens with one attached hydrogen (secondary N) is 2. The molecule has 1 saturated heterocycles. The minimum Gasteiger partial charge on any atom is -0.326 e. The Morgan fingerprint density at radius 1 is 0.976 bits per heavy atom. The quantitative estimate of drug-likeness (QED) is 0.340. The fourth-order valence-electron chi connectivity index (χ4n) is 5.57. The number of likely N-dealkylation sites (N-methyl/N-ethyl adjacent to an activating group) is 1. The van der Waals surface area contributed by atoms with Crippen LogP contribution in [0.1, 0.15) is 45.1 Å². The summed E-state index contributed by atoms with van der Waals surface area (Å²) in [5, 5.41) is 6.08. The lowest BCUT2D eigenvalue weighted by Crippen LogP contribution is -2.45. The summed E-state index contributed by atoms with van der Waals surface area (Å²) in [5.74, 6) is -0.438. The Labute approximate surface area is 251 Å². The Hall–Kier alpha value is -3.68. The third-order valence-corrected chi connectivity index (χ3v) is 7.67. The van der Waals surface area contributed by atoms with Crippen molar-refractivity contribution in [3.8, 4) is 11.3 Å². The predicted molar refractivity (Wildman–Crippen MR) is 165 cm³/mol. The smallest absolute Gasteiger partial charge is 0.229 e. The van der Waals surface area contributed by atoms with Crippen LogP contribution in [0.3, 0.4) is 0 Å². The molecule has 4 aromatic rings. The van der Waals surface area contributed by atoms with Crippen LogP contribution < -0.4 is 10.6 Å². The van der Waals surface area contributed by atoms with E-state index in [2.05, 4.69) is 47.3 Å². The molecule has 0 aliphatic carbocycles. The van der Waals surface area contributed by atoms with E-state index in [0.717, 1.165) is 44.5 Å². The molecule has 0 spiro atoms. The van der Waals surface area contributed by atoms with Gasteiger partial charge in [0.1, 0.15) is 22.9 Å². The molecule has 1 atom stereocenters. The standard InChI is InChI=1S/C28H31F2N9O.CH4.H2S/c1-4-37-5-7-38(8-6-37)15-19-13-31-24-12-22(19)34-25(40)9-16(2)39-17(3)33-27-20(29)10-18(11-23(27)39)26-21(30)14-32-28(35-24)36-26;;/h10-14,16H,4-9,15H2,1-3H3,(H,34,40)(H,31,32,35,36);1H4;1H2/t16-;;/m0../s1. The van der Waals surface area contributed by atoms with Gasteiger partial charge in [-0.05, 0) is 32.5 Å². The number of piperazine rings is 1. The number of fused-ring (bicyclic) bond motifs is 6. The molecule has 42 heavy (non-hydrogen) atoms. The van der Waals surface area contributed by atoms with Gasteiger partial charge in [0.05, 0.1) is 17.4 Å². The first-order chi connectivity index (χ1) is 19.3. The van der Waals surface area contributed by atoms with E-state index in [0.29, 0.717) is 29.4 Å². The molecule has 1 amide bonds. The second-order valence-corrected chi connectivity index (χ2v) is 10.4. The lowest BCUT2D eigenvalue weighted by atomic mass is 10.1. The SMILES string of the molecule is C.CCN1CCN(Cc2cnc3cc2NC(=O)C[C@H](C)n2c(C)nc4c(F)cc(cc42)-c2nc(ncc2F)N3)CC1.S. The van der Waals surface area contributed by atoms with E-state index in [1.54, 1.807) is 25.3 Å². The maximum absolute atomic E-state index is 15.2. The number of pyridine rings is 1. The van der Waals surface area contributed by atoms with E-state index in [4.69, 9.17) is 0 Å². The van der Waals surface area contributed by atoms with Crippen molar-refractivity contribution < 1.29 is 13.6 Å². The zero-order valence-corrected chi connectivity index (χ0v) is 24.2. The molecule has 6 rings (SSSR count). The molecule has 13 heteroatoms. The summed E-state index contributed by atoms with van der Waals surface area (Å²) >= 11 is 0. The van der Waals surface area contributed by atoms with E-state index in [9.17, 15) is 9.18 Å². The van der Waals surface area contributed by atoms with Crippen molar-refractivity contribution in [2.24, 2.45) is 0 Å². The zero-order valence-electron chi connectivity index (χ0n) is 23.2. The zero-order chi connectivity index (χ0) is 28.0. The van der Waals surface area contributed by atoms with Crippen LogP contribution in [0.4, 0.5) is 26.2 Å². The Balaban J connectivity index is 0.00000202. The Morgan fingerprint density at radius 2 is 1.71 bits per heavy atom. The number of amides is 1. The topological polar surface area (TPSA) is 104 Å². The first-order valence-electron chi connectivity index (χ1n) is 13.5. The van der Waals surface area contributed by atoms with Gasteiger partial charge in [-0.2, -0.15) is 13.5 Å². The fraction of sp³-hybridized carbons (Fsp3) is 0.414. The summed E-state index contributed by atoms with van der Waals surface area (Å²) in [6.45, 7) is 11.3. The number of hydrogen-bond acceptors (Lipinski definition) is 8. The summed E-state index contributed by atoms with van der Waals surface area (Å²) in [5.41, 5.74) is 2.33. The van der Waals surface area contributed by atoms with E-state index in [1.165, 1.54) is 6.07 Å². The highest BCUT2D eigenvalue weighted by Gasteiger charge is 2.23. The molecule has 1 fully saturated rings. The maximum Gasteiger partial charge on any atom is 0.229 e. The third kappa shape index (κ3) is 6.08. The minimum absolute atomic E-state index is 0. The molecule has 6 bridgehead atoms. The minimum atomic E-state index is -0.687. The molecule has 2 N–H and O–H groups in total. The number of imidazole rings is 1. The van der Waals surface area contributed by atoms with Crippen molar-refractivity contribution in [3.63, 3.8) is 0 Å².